The van der Waals surface area contributed by atoms with Crippen LogP contribution in [0, 0.1) is 0 Å². The molecule has 12 heteroatoms. The Kier molecular flexibility index (Phi) is 9.25. The Morgan fingerprint density at radius 2 is 1.52 bits per heavy atom. The molecule has 1 aromatic rings. The molecule has 1 rings (SSSR count). The van der Waals surface area contributed by atoms with E-state index >= 15 is 0 Å². The summed E-state index contributed by atoms with van der Waals surface area (Å²) in [6, 6.07) is 5.49. The van der Waals surface area contributed by atoms with Crippen LogP contribution in [0.25, 0.3) is 0 Å². The highest BCUT2D eigenvalue weighted by molar-refractivity contribution is 5.75. The van der Waals surface area contributed by atoms with Gasteiger partial charge in [-0.25, -0.2) is 4.79 Å². The second-order valence-corrected chi connectivity index (χ2v) is 6.66. The molecule has 0 heterocycles. The van der Waals surface area contributed by atoms with Crippen molar-refractivity contribution in [3.8, 4) is 0 Å². The van der Waals surface area contributed by atoms with Gasteiger partial charge in [-0.15, -0.1) is 0 Å². The summed E-state index contributed by atoms with van der Waals surface area (Å²) in [5.41, 5.74) is 0.682. The molecule has 0 radical (unpaired) electrons. The molecular formula is C19H20F8O4. The molecule has 4 nitrogen and oxygen atoms in total. The number of benzene rings is 1. The molecule has 0 bridgehead atoms. The fourth-order valence-corrected chi connectivity index (χ4v) is 2.58. The maximum atomic E-state index is 13.0. The van der Waals surface area contributed by atoms with E-state index < -0.39 is 55.6 Å². The largest absolute Gasteiger partial charge is 0.490 e. The van der Waals surface area contributed by atoms with Crippen LogP contribution in [0.4, 0.5) is 35.1 Å². The molecule has 0 unspecified atom stereocenters. The highest BCUT2D eigenvalue weighted by Crippen LogP contribution is 2.40. The summed E-state index contributed by atoms with van der Waals surface area (Å²) in [4.78, 5) is 22.2. The lowest BCUT2D eigenvalue weighted by Crippen LogP contribution is -2.36. The van der Waals surface area contributed by atoms with Crippen LogP contribution >= 0.6 is 0 Å². The average molecular weight is 464 g/mol. The average Bonchev–Trinajstić information content (AvgIpc) is 2.65. The van der Waals surface area contributed by atoms with Gasteiger partial charge in [0.1, 0.15) is 6.10 Å². The van der Waals surface area contributed by atoms with Gasteiger partial charge in [0.25, 0.3) is 0 Å². The van der Waals surface area contributed by atoms with Crippen LogP contribution in [-0.4, -0.2) is 37.3 Å². The van der Waals surface area contributed by atoms with E-state index in [1.54, 1.807) is 0 Å². The molecule has 0 fully saturated rings. The molecule has 0 aliphatic rings. The maximum absolute atomic E-state index is 13.0. The maximum Gasteiger partial charge on any atom is 0.490 e. The normalized spacial score (nSPS) is 13.6. The van der Waals surface area contributed by atoms with Gasteiger partial charge in [0.05, 0.1) is 7.11 Å². The lowest BCUT2D eigenvalue weighted by molar-refractivity contribution is -0.284. The van der Waals surface area contributed by atoms with Crippen LogP contribution in [0.2, 0.25) is 0 Å². The fraction of sp³-hybridized carbons (Fsp3) is 0.579. The van der Waals surface area contributed by atoms with Gasteiger partial charge in [0.15, 0.2) is 0 Å². The van der Waals surface area contributed by atoms with E-state index in [0.717, 1.165) is 0 Å². The highest BCUT2D eigenvalue weighted by Gasteiger charge is 2.56. The SMILES string of the molecule is COC(=O)CCCc1ccc([C@H](CCCC(F)(F)C(F)(F)F)OC(=O)C(F)(F)F)cc1. The monoisotopic (exact) mass is 464 g/mol. The van der Waals surface area contributed by atoms with Crippen LogP contribution < -0.4 is 0 Å². The second-order valence-electron chi connectivity index (χ2n) is 6.66. The van der Waals surface area contributed by atoms with E-state index in [2.05, 4.69) is 9.47 Å². The lowest BCUT2D eigenvalue weighted by atomic mass is 9.99. The third-order valence-corrected chi connectivity index (χ3v) is 4.28. The molecule has 1 aromatic carbocycles. The summed E-state index contributed by atoms with van der Waals surface area (Å²) in [5, 5.41) is 0. The first-order valence-electron chi connectivity index (χ1n) is 9.05. The molecule has 0 N–H and O–H groups in total. The highest BCUT2D eigenvalue weighted by atomic mass is 19.4. The van der Waals surface area contributed by atoms with E-state index in [-0.39, 0.29) is 12.0 Å². The Labute approximate surface area is 172 Å². The van der Waals surface area contributed by atoms with E-state index in [4.69, 9.17) is 0 Å². The van der Waals surface area contributed by atoms with Crippen molar-refractivity contribution >= 4 is 11.9 Å². The minimum atomic E-state index is -5.79. The topological polar surface area (TPSA) is 52.6 Å². The smallest absolute Gasteiger partial charge is 0.469 e. The molecule has 0 aromatic heterocycles. The van der Waals surface area contributed by atoms with Crippen molar-refractivity contribution in [2.75, 3.05) is 7.11 Å². The van der Waals surface area contributed by atoms with Gasteiger partial charge in [0, 0.05) is 12.8 Å². The number of halogens is 8. The first-order chi connectivity index (χ1) is 14.2. The predicted octanol–water partition coefficient (Wildman–Crippen LogP) is 5.70. The van der Waals surface area contributed by atoms with Crippen molar-refractivity contribution in [1.29, 1.82) is 0 Å². The zero-order valence-electron chi connectivity index (χ0n) is 16.3. The van der Waals surface area contributed by atoms with Crippen molar-refractivity contribution in [3.63, 3.8) is 0 Å². The van der Waals surface area contributed by atoms with E-state index in [1.165, 1.54) is 31.4 Å². The molecule has 0 amide bonds. The minimum Gasteiger partial charge on any atom is -0.469 e. The number of hydrogen-bond acceptors (Lipinski definition) is 4. The van der Waals surface area contributed by atoms with Crippen LogP contribution in [0.1, 0.15) is 49.3 Å². The minimum absolute atomic E-state index is 0.00430. The first kappa shape index (κ1) is 26.6. The van der Waals surface area contributed by atoms with Gasteiger partial charge in [0.2, 0.25) is 0 Å². The third-order valence-electron chi connectivity index (χ3n) is 4.28. The molecule has 0 aliphatic carbocycles. The Morgan fingerprint density at radius 3 is 2.00 bits per heavy atom. The number of ether oxygens (including phenoxy) is 2. The summed E-state index contributed by atoms with van der Waals surface area (Å²) in [6.45, 7) is 0. The van der Waals surface area contributed by atoms with E-state index in [0.29, 0.717) is 18.4 Å². The number of carbonyl (C=O) groups is 2. The Morgan fingerprint density at radius 1 is 0.935 bits per heavy atom. The van der Waals surface area contributed by atoms with Gasteiger partial charge in [-0.1, -0.05) is 24.3 Å². The van der Waals surface area contributed by atoms with Gasteiger partial charge in [-0.2, -0.15) is 35.1 Å². The number of hydrogen-bond donors (Lipinski definition) is 0. The Bertz CT molecular complexity index is 726. The number of methoxy groups -OCH3 is 1. The predicted molar refractivity (Wildman–Crippen MR) is 91.1 cm³/mol. The first-order valence-corrected chi connectivity index (χ1v) is 9.05. The van der Waals surface area contributed by atoms with Crippen molar-refractivity contribution < 1.29 is 54.2 Å². The van der Waals surface area contributed by atoms with Crippen LogP contribution in [0.3, 0.4) is 0 Å². The van der Waals surface area contributed by atoms with Crippen LogP contribution in [0.15, 0.2) is 24.3 Å². The molecule has 31 heavy (non-hydrogen) atoms. The van der Waals surface area contributed by atoms with Gasteiger partial charge >= 0.3 is 30.2 Å². The second kappa shape index (κ2) is 10.8. The Hall–Kier alpha value is -2.40. The summed E-state index contributed by atoms with van der Waals surface area (Å²) < 4.78 is 109. The summed E-state index contributed by atoms with van der Waals surface area (Å²) in [7, 11) is 1.23. The number of esters is 2. The number of alkyl halides is 8. The molecule has 0 spiro atoms. The zero-order chi connectivity index (χ0) is 23.9. The third kappa shape index (κ3) is 8.70. The van der Waals surface area contributed by atoms with Crippen LogP contribution in [-0.2, 0) is 25.5 Å². The van der Waals surface area contributed by atoms with Crippen molar-refractivity contribution in [3.05, 3.63) is 35.4 Å². The van der Waals surface area contributed by atoms with Crippen molar-refractivity contribution in [2.24, 2.45) is 0 Å². The lowest BCUT2D eigenvalue weighted by Gasteiger charge is -2.22. The van der Waals surface area contributed by atoms with Gasteiger partial charge in [-0.3, -0.25) is 4.79 Å². The quantitative estimate of drug-likeness (QED) is 0.330. The van der Waals surface area contributed by atoms with Gasteiger partial charge < -0.3 is 9.47 Å². The molecule has 0 saturated heterocycles. The van der Waals surface area contributed by atoms with Gasteiger partial charge in [-0.05, 0) is 36.8 Å². The van der Waals surface area contributed by atoms with E-state index in [9.17, 15) is 44.7 Å². The molecule has 0 aliphatic heterocycles. The van der Waals surface area contributed by atoms with Crippen LogP contribution in [0.5, 0.6) is 0 Å². The molecule has 0 saturated carbocycles. The number of rotatable bonds is 10. The fourth-order valence-electron chi connectivity index (χ4n) is 2.58. The molecular weight excluding hydrogens is 444 g/mol. The van der Waals surface area contributed by atoms with Crippen molar-refractivity contribution in [1.82, 2.24) is 0 Å². The standard InChI is InChI=1S/C19H20F8O4/c1-30-15(28)6-2-4-12-7-9-13(10-8-12)14(31-16(29)18(22,23)24)5-3-11-17(20,21)19(25,26)27/h7-10,14H,2-6,11H2,1H3/t14-/m0/s1. The molecule has 1 atom stereocenters. The summed E-state index contributed by atoms with van der Waals surface area (Å²) >= 11 is 0. The van der Waals surface area contributed by atoms with E-state index in [1.807, 2.05) is 0 Å². The Balaban J connectivity index is 2.86. The summed E-state index contributed by atoms with van der Waals surface area (Å²) in [6.07, 6.45) is -15.0. The zero-order valence-corrected chi connectivity index (χ0v) is 16.3. The number of aryl methyl sites for hydroxylation is 1. The summed E-state index contributed by atoms with van der Waals surface area (Å²) in [5.74, 6) is -8.02. The number of carbonyl (C=O) groups excluding carboxylic acids is 2. The van der Waals surface area contributed by atoms with Crippen molar-refractivity contribution in [2.45, 2.75) is 62.9 Å². The molecule has 176 valence electrons.